The summed E-state index contributed by atoms with van der Waals surface area (Å²) in [6.07, 6.45) is 0.319. The predicted octanol–water partition coefficient (Wildman–Crippen LogP) is -0.532. The highest BCUT2D eigenvalue weighted by Gasteiger charge is 2.08. The molecular weight excluding hydrogens is 144 g/mol. The molecule has 0 aliphatic heterocycles. The molecule has 0 radical (unpaired) electrons. The van der Waals surface area contributed by atoms with Crippen LogP contribution in [0.5, 0.6) is 0 Å². The number of nitrogens with two attached hydrogens (primary N) is 1. The minimum atomic E-state index is -0.569. The summed E-state index contributed by atoms with van der Waals surface area (Å²) in [5.41, 5.74) is 5.27. The minimum absolute atomic E-state index is 0.0470. The number of amides is 1. The Morgan fingerprint density at radius 3 is 2.36 bits per heavy atom. The zero-order chi connectivity index (χ0) is 9.28. The number of nitrogens with one attached hydrogen (secondary N) is 1. The van der Waals surface area contributed by atoms with E-state index in [2.05, 4.69) is 5.32 Å². The fourth-order valence-electron chi connectivity index (χ4n) is 0.456. The Labute approximate surface area is 67.8 Å². The van der Waals surface area contributed by atoms with Crippen LogP contribution >= 0.6 is 0 Å². The van der Waals surface area contributed by atoms with Gasteiger partial charge in [-0.2, -0.15) is 0 Å². The molecule has 0 saturated heterocycles. The summed E-state index contributed by atoms with van der Waals surface area (Å²) in [7, 11) is 1.51. The highest BCUT2D eigenvalue weighted by atomic mass is 16.3. The van der Waals surface area contributed by atoms with Crippen molar-refractivity contribution in [2.24, 2.45) is 5.73 Å². The van der Waals surface area contributed by atoms with Gasteiger partial charge in [-0.15, -0.1) is 0 Å². The number of carbonyl (C=O) groups excluding carboxylic acids is 1. The fourth-order valence-corrected chi connectivity index (χ4v) is 0.456. The van der Waals surface area contributed by atoms with Crippen LogP contribution in [0.15, 0.2) is 0 Å². The van der Waals surface area contributed by atoms with Gasteiger partial charge in [0, 0.05) is 13.7 Å². The van der Waals surface area contributed by atoms with Crippen molar-refractivity contribution in [1.29, 1.82) is 0 Å². The second-order valence-electron chi connectivity index (χ2n) is 1.73. The molecule has 1 atom stereocenters. The maximum Gasteiger partial charge on any atom is 0.236 e. The van der Waals surface area contributed by atoms with Gasteiger partial charge in [-0.05, 0) is 6.42 Å². The first kappa shape index (κ1) is 13.0. The first-order valence-corrected chi connectivity index (χ1v) is 3.80. The first-order chi connectivity index (χ1) is 5.22. The SMILES string of the molecule is CC.CNC(=O)C(N)CCO. The van der Waals surface area contributed by atoms with Gasteiger partial charge < -0.3 is 16.2 Å². The molecule has 0 aliphatic carbocycles. The Bertz CT molecular complexity index is 96.4. The highest BCUT2D eigenvalue weighted by molar-refractivity contribution is 5.81. The lowest BCUT2D eigenvalue weighted by Gasteiger charge is -2.05. The molecule has 1 amide bonds. The van der Waals surface area contributed by atoms with Gasteiger partial charge in [-0.1, -0.05) is 13.8 Å². The van der Waals surface area contributed by atoms with Gasteiger partial charge in [0.25, 0.3) is 0 Å². The van der Waals surface area contributed by atoms with Gasteiger partial charge >= 0.3 is 0 Å². The number of hydrogen-bond donors (Lipinski definition) is 3. The highest BCUT2D eigenvalue weighted by Crippen LogP contribution is 1.83. The summed E-state index contributed by atoms with van der Waals surface area (Å²) in [6, 6.07) is -0.569. The van der Waals surface area contributed by atoms with E-state index in [0.717, 1.165) is 0 Å². The fraction of sp³-hybridized carbons (Fsp3) is 0.857. The topological polar surface area (TPSA) is 75.4 Å². The maximum absolute atomic E-state index is 10.6. The number of likely N-dealkylation sites (N-methyl/N-ethyl adjacent to an activating group) is 1. The summed E-state index contributed by atoms with van der Waals surface area (Å²) in [6.45, 7) is 3.95. The molecule has 0 heterocycles. The zero-order valence-corrected chi connectivity index (χ0v) is 7.42. The molecule has 4 heteroatoms. The van der Waals surface area contributed by atoms with Crippen molar-refractivity contribution in [2.75, 3.05) is 13.7 Å². The zero-order valence-electron chi connectivity index (χ0n) is 7.42. The van der Waals surface area contributed by atoms with E-state index in [9.17, 15) is 4.79 Å². The summed E-state index contributed by atoms with van der Waals surface area (Å²) >= 11 is 0. The van der Waals surface area contributed by atoms with Crippen molar-refractivity contribution in [3.8, 4) is 0 Å². The Hall–Kier alpha value is -0.610. The molecule has 0 fully saturated rings. The summed E-state index contributed by atoms with van der Waals surface area (Å²) in [4.78, 5) is 10.6. The van der Waals surface area contributed by atoms with Gasteiger partial charge in [0.2, 0.25) is 5.91 Å². The van der Waals surface area contributed by atoms with E-state index in [1.165, 1.54) is 7.05 Å². The van der Waals surface area contributed by atoms with Crippen LogP contribution in [0.25, 0.3) is 0 Å². The number of aliphatic hydroxyl groups is 1. The van der Waals surface area contributed by atoms with Gasteiger partial charge in [-0.25, -0.2) is 0 Å². The average molecular weight is 162 g/mol. The number of hydrogen-bond acceptors (Lipinski definition) is 3. The smallest absolute Gasteiger partial charge is 0.236 e. The number of carbonyl (C=O) groups is 1. The third-order valence-corrected chi connectivity index (χ3v) is 1.02. The quantitative estimate of drug-likeness (QED) is 0.522. The standard InChI is InChI=1S/C5H12N2O2.C2H6/c1-7-5(9)4(6)2-3-8;1-2/h4,8H,2-3,6H2,1H3,(H,7,9);1-2H3. The van der Waals surface area contributed by atoms with E-state index in [-0.39, 0.29) is 12.5 Å². The van der Waals surface area contributed by atoms with Gasteiger partial charge in [0.1, 0.15) is 0 Å². The average Bonchev–Trinajstić information content (AvgIpc) is 2.07. The van der Waals surface area contributed by atoms with Gasteiger partial charge in [0.05, 0.1) is 6.04 Å². The van der Waals surface area contributed by atoms with E-state index in [1.807, 2.05) is 13.8 Å². The molecule has 1 unspecified atom stereocenters. The molecule has 0 saturated carbocycles. The van der Waals surface area contributed by atoms with Crippen LogP contribution in [0, 0.1) is 0 Å². The predicted molar refractivity (Wildman–Crippen MR) is 45.1 cm³/mol. The second-order valence-corrected chi connectivity index (χ2v) is 1.73. The van der Waals surface area contributed by atoms with Gasteiger partial charge in [-0.3, -0.25) is 4.79 Å². The molecule has 0 aromatic heterocycles. The van der Waals surface area contributed by atoms with Crippen LogP contribution < -0.4 is 11.1 Å². The van der Waals surface area contributed by atoms with E-state index in [0.29, 0.717) is 6.42 Å². The van der Waals surface area contributed by atoms with E-state index < -0.39 is 6.04 Å². The summed E-state index contributed by atoms with van der Waals surface area (Å²) in [5.74, 6) is -0.232. The van der Waals surface area contributed by atoms with Crippen molar-refractivity contribution in [3.05, 3.63) is 0 Å². The van der Waals surface area contributed by atoms with Crippen LogP contribution in [0.3, 0.4) is 0 Å². The molecule has 0 bridgehead atoms. The van der Waals surface area contributed by atoms with Crippen molar-refractivity contribution < 1.29 is 9.90 Å². The minimum Gasteiger partial charge on any atom is -0.396 e. The summed E-state index contributed by atoms with van der Waals surface area (Å²) < 4.78 is 0. The largest absolute Gasteiger partial charge is 0.396 e. The maximum atomic E-state index is 10.6. The Morgan fingerprint density at radius 2 is 2.09 bits per heavy atom. The van der Waals surface area contributed by atoms with Crippen molar-refractivity contribution in [3.63, 3.8) is 0 Å². The molecule has 4 N–H and O–H groups in total. The van der Waals surface area contributed by atoms with E-state index in [4.69, 9.17) is 10.8 Å². The summed E-state index contributed by atoms with van der Waals surface area (Å²) in [5, 5.41) is 10.7. The third kappa shape index (κ3) is 7.29. The van der Waals surface area contributed by atoms with E-state index >= 15 is 0 Å². The third-order valence-electron chi connectivity index (χ3n) is 1.02. The lowest BCUT2D eigenvalue weighted by Crippen LogP contribution is -2.39. The van der Waals surface area contributed by atoms with Gasteiger partial charge in [0.15, 0.2) is 0 Å². The van der Waals surface area contributed by atoms with Crippen LogP contribution in [-0.4, -0.2) is 30.7 Å². The molecule has 0 aromatic rings. The Balaban J connectivity index is 0. The molecule has 0 aromatic carbocycles. The lowest BCUT2D eigenvalue weighted by atomic mass is 10.2. The molecular formula is C7H18N2O2. The molecule has 4 nitrogen and oxygen atoms in total. The van der Waals surface area contributed by atoms with Crippen LogP contribution in [0.2, 0.25) is 0 Å². The molecule has 0 aliphatic rings. The van der Waals surface area contributed by atoms with Crippen LogP contribution in [0.4, 0.5) is 0 Å². The van der Waals surface area contributed by atoms with Crippen molar-refractivity contribution >= 4 is 5.91 Å². The number of rotatable bonds is 3. The first-order valence-electron chi connectivity index (χ1n) is 3.80. The van der Waals surface area contributed by atoms with Crippen LogP contribution in [0.1, 0.15) is 20.3 Å². The number of aliphatic hydroxyl groups excluding tert-OH is 1. The molecule has 0 rings (SSSR count). The molecule has 68 valence electrons. The van der Waals surface area contributed by atoms with Crippen molar-refractivity contribution in [2.45, 2.75) is 26.3 Å². The Morgan fingerprint density at radius 1 is 1.64 bits per heavy atom. The monoisotopic (exact) mass is 162 g/mol. The van der Waals surface area contributed by atoms with Crippen LogP contribution in [-0.2, 0) is 4.79 Å². The molecule has 11 heavy (non-hydrogen) atoms. The van der Waals surface area contributed by atoms with E-state index in [1.54, 1.807) is 0 Å². The molecule has 0 spiro atoms. The Kier molecular flexibility index (Phi) is 11.1. The lowest BCUT2D eigenvalue weighted by molar-refractivity contribution is -0.122. The normalized spacial score (nSPS) is 11.0. The van der Waals surface area contributed by atoms with Crippen molar-refractivity contribution in [1.82, 2.24) is 5.32 Å². The second kappa shape index (κ2) is 9.39.